The van der Waals surface area contributed by atoms with Crippen LogP contribution in [0.3, 0.4) is 0 Å². The third-order valence-corrected chi connectivity index (χ3v) is 3.24. The van der Waals surface area contributed by atoms with Crippen LogP contribution < -0.4 is 14.8 Å². The lowest BCUT2D eigenvalue weighted by atomic mass is 10.2. The number of hydrogen-bond acceptors (Lipinski definition) is 3. The summed E-state index contributed by atoms with van der Waals surface area (Å²) in [6.45, 7) is 8.81. The van der Waals surface area contributed by atoms with E-state index >= 15 is 0 Å². The molecule has 0 spiro atoms. The van der Waals surface area contributed by atoms with E-state index in [1.807, 2.05) is 19.1 Å². The van der Waals surface area contributed by atoms with Crippen molar-refractivity contribution in [3.8, 4) is 11.5 Å². The van der Waals surface area contributed by atoms with Gasteiger partial charge in [0, 0.05) is 11.0 Å². The van der Waals surface area contributed by atoms with Gasteiger partial charge in [0.05, 0.1) is 13.7 Å². The van der Waals surface area contributed by atoms with Crippen molar-refractivity contribution < 1.29 is 9.47 Å². The Hall–Kier alpha value is -0.740. The van der Waals surface area contributed by atoms with Gasteiger partial charge in [-0.1, -0.05) is 29.8 Å². The van der Waals surface area contributed by atoms with Crippen LogP contribution in [0.1, 0.15) is 26.3 Å². The number of nitrogens with one attached hydrogen (secondary N) is 1. The SMILES string of the molecule is CCOc1cc(Br)c(CNCC(C)C)cc1OC. The summed E-state index contributed by atoms with van der Waals surface area (Å²) in [5.74, 6) is 2.20. The summed E-state index contributed by atoms with van der Waals surface area (Å²) in [5.41, 5.74) is 1.18. The highest BCUT2D eigenvalue weighted by Crippen LogP contribution is 2.33. The Balaban J connectivity index is 2.79. The van der Waals surface area contributed by atoms with E-state index in [2.05, 4.69) is 35.1 Å². The number of benzene rings is 1. The Labute approximate surface area is 118 Å². The molecule has 102 valence electrons. The van der Waals surface area contributed by atoms with Crippen molar-refractivity contribution in [3.05, 3.63) is 22.2 Å². The maximum Gasteiger partial charge on any atom is 0.162 e. The molecule has 0 atom stereocenters. The van der Waals surface area contributed by atoms with E-state index in [1.165, 1.54) is 5.56 Å². The van der Waals surface area contributed by atoms with Crippen LogP contribution in [-0.4, -0.2) is 20.3 Å². The molecule has 18 heavy (non-hydrogen) atoms. The number of ether oxygens (including phenoxy) is 2. The lowest BCUT2D eigenvalue weighted by molar-refractivity contribution is 0.310. The number of methoxy groups -OCH3 is 1. The summed E-state index contributed by atoms with van der Waals surface area (Å²) >= 11 is 3.57. The standard InChI is InChI=1S/C14H22BrNO2/c1-5-18-14-7-12(15)11(6-13(14)17-4)9-16-8-10(2)3/h6-7,10,16H,5,8-9H2,1-4H3. The summed E-state index contributed by atoms with van der Waals surface area (Å²) < 4.78 is 11.9. The van der Waals surface area contributed by atoms with Crippen LogP contribution in [0.2, 0.25) is 0 Å². The molecule has 0 unspecified atom stereocenters. The Morgan fingerprint density at radius 1 is 1.28 bits per heavy atom. The van der Waals surface area contributed by atoms with Crippen LogP contribution in [0.15, 0.2) is 16.6 Å². The molecule has 0 fully saturated rings. The first kappa shape index (κ1) is 15.3. The van der Waals surface area contributed by atoms with E-state index < -0.39 is 0 Å². The molecule has 0 amide bonds. The van der Waals surface area contributed by atoms with E-state index in [-0.39, 0.29) is 0 Å². The molecular formula is C14H22BrNO2. The summed E-state index contributed by atoms with van der Waals surface area (Å²) in [6, 6.07) is 3.98. The average Bonchev–Trinajstić information content (AvgIpc) is 2.32. The average molecular weight is 316 g/mol. The van der Waals surface area contributed by atoms with Crippen molar-refractivity contribution in [2.75, 3.05) is 20.3 Å². The molecule has 0 aliphatic rings. The Bertz CT molecular complexity index is 380. The van der Waals surface area contributed by atoms with Crippen LogP contribution in [0, 0.1) is 5.92 Å². The second-order valence-corrected chi connectivity index (χ2v) is 5.41. The smallest absolute Gasteiger partial charge is 0.162 e. The molecule has 0 aliphatic heterocycles. The molecule has 0 saturated carbocycles. The van der Waals surface area contributed by atoms with Crippen LogP contribution in [0.25, 0.3) is 0 Å². The summed E-state index contributed by atoms with van der Waals surface area (Å²) in [5, 5.41) is 3.42. The van der Waals surface area contributed by atoms with Gasteiger partial charge in [-0.3, -0.25) is 0 Å². The molecule has 1 N–H and O–H groups in total. The zero-order valence-corrected chi connectivity index (χ0v) is 13.1. The van der Waals surface area contributed by atoms with Crippen molar-refractivity contribution in [1.82, 2.24) is 5.32 Å². The third-order valence-electron chi connectivity index (χ3n) is 2.50. The predicted octanol–water partition coefficient (Wildman–Crippen LogP) is 3.60. The second-order valence-electron chi connectivity index (χ2n) is 4.55. The van der Waals surface area contributed by atoms with Gasteiger partial charge in [-0.05, 0) is 37.1 Å². The van der Waals surface area contributed by atoms with Gasteiger partial charge in [-0.15, -0.1) is 0 Å². The minimum Gasteiger partial charge on any atom is -0.493 e. The summed E-state index contributed by atoms with van der Waals surface area (Å²) in [7, 11) is 1.66. The lowest BCUT2D eigenvalue weighted by Gasteiger charge is -2.14. The van der Waals surface area contributed by atoms with Crippen LogP contribution in [-0.2, 0) is 6.54 Å². The van der Waals surface area contributed by atoms with Gasteiger partial charge in [-0.2, -0.15) is 0 Å². The summed E-state index contributed by atoms with van der Waals surface area (Å²) in [4.78, 5) is 0. The molecule has 0 radical (unpaired) electrons. The largest absolute Gasteiger partial charge is 0.493 e. The van der Waals surface area contributed by atoms with Gasteiger partial charge >= 0.3 is 0 Å². The molecule has 0 aliphatic carbocycles. The molecule has 3 nitrogen and oxygen atoms in total. The summed E-state index contributed by atoms with van der Waals surface area (Å²) in [6.07, 6.45) is 0. The van der Waals surface area contributed by atoms with Gasteiger partial charge < -0.3 is 14.8 Å². The fourth-order valence-electron chi connectivity index (χ4n) is 1.64. The van der Waals surface area contributed by atoms with E-state index in [0.29, 0.717) is 12.5 Å². The Morgan fingerprint density at radius 3 is 2.56 bits per heavy atom. The minimum atomic E-state index is 0.633. The van der Waals surface area contributed by atoms with Crippen molar-refractivity contribution in [1.29, 1.82) is 0 Å². The molecule has 0 bridgehead atoms. The third kappa shape index (κ3) is 4.50. The molecule has 4 heteroatoms. The van der Waals surface area contributed by atoms with Gasteiger partial charge in [0.1, 0.15) is 0 Å². The number of halogens is 1. The van der Waals surface area contributed by atoms with Crippen molar-refractivity contribution in [2.45, 2.75) is 27.3 Å². The molecule has 1 rings (SSSR count). The number of hydrogen-bond donors (Lipinski definition) is 1. The Morgan fingerprint density at radius 2 is 2.00 bits per heavy atom. The van der Waals surface area contributed by atoms with E-state index in [4.69, 9.17) is 9.47 Å². The van der Waals surface area contributed by atoms with E-state index in [9.17, 15) is 0 Å². The first-order valence-electron chi connectivity index (χ1n) is 6.28. The fourth-order valence-corrected chi connectivity index (χ4v) is 2.10. The van der Waals surface area contributed by atoms with Crippen molar-refractivity contribution in [2.24, 2.45) is 5.92 Å². The number of rotatable bonds is 7. The highest BCUT2D eigenvalue weighted by atomic mass is 79.9. The minimum absolute atomic E-state index is 0.633. The van der Waals surface area contributed by atoms with E-state index in [1.54, 1.807) is 7.11 Å². The van der Waals surface area contributed by atoms with Gasteiger partial charge in [-0.25, -0.2) is 0 Å². The maximum atomic E-state index is 5.53. The first-order valence-corrected chi connectivity index (χ1v) is 7.07. The fraction of sp³-hybridized carbons (Fsp3) is 0.571. The first-order chi connectivity index (χ1) is 8.58. The zero-order valence-electron chi connectivity index (χ0n) is 11.5. The topological polar surface area (TPSA) is 30.5 Å². The second kappa shape index (κ2) is 7.64. The molecule has 0 saturated heterocycles. The predicted molar refractivity (Wildman–Crippen MR) is 78.4 cm³/mol. The zero-order chi connectivity index (χ0) is 13.5. The monoisotopic (exact) mass is 315 g/mol. The van der Waals surface area contributed by atoms with Crippen LogP contribution in [0.5, 0.6) is 11.5 Å². The van der Waals surface area contributed by atoms with Gasteiger partial charge in [0.25, 0.3) is 0 Å². The molecule has 0 heterocycles. The quantitative estimate of drug-likeness (QED) is 0.834. The highest BCUT2D eigenvalue weighted by molar-refractivity contribution is 9.10. The van der Waals surface area contributed by atoms with Crippen molar-refractivity contribution >= 4 is 15.9 Å². The van der Waals surface area contributed by atoms with Crippen molar-refractivity contribution in [3.63, 3.8) is 0 Å². The van der Waals surface area contributed by atoms with Gasteiger partial charge in [0.15, 0.2) is 11.5 Å². The Kier molecular flexibility index (Phi) is 6.50. The molecule has 1 aromatic carbocycles. The lowest BCUT2D eigenvalue weighted by Crippen LogP contribution is -2.19. The van der Waals surface area contributed by atoms with Crippen LogP contribution >= 0.6 is 15.9 Å². The maximum absolute atomic E-state index is 5.53. The van der Waals surface area contributed by atoms with E-state index in [0.717, 1.165) is 29.1 Å². The molecule has 1 aromatic rings. The highest BCUT2D eigenvalue weighted by Gasteiger charge is 2.09. The van der Waals surface area contributed by atoms with Crippen LogP contribution in [0.4, 0.5) is 0 Å². The molecule has 0 aromatic heterocycles. The normalized spacial score (nSPS) is 10.8. The molecular weight excluding hydrogens is 294 g/mol. The van der Waals surface area contributed by atoms with Gasteiger partial charge in [0.2, 0.25) is 0 Å².